The van der Waals surface area contributed by atoms with Crippen LogP contribution in [0.4, 0.5) is 19.0 Å². The van der Waals surface area contributed by atoms with Crippen molar-refractivity contribution in [1.82, 2.24) is 25.3 Å². The number of alkyl halides is 3. The second kappa shape index (κ2) is 9.42. The Hall–Kier alpha value is -4.08. The summed E-state index contributed by atoms with van der Waals surface area (Å²) < 4.78 is 38.3. The van der Waals surface area contributed by atoms with Crippen LogP contribution >= 0.6 is 0 Å². The molecule has 34 heavy (non-hydrogen) atoms. The molecule has 0 saturated carbocycles. The molecule has 0 bridgehead atoms. The summed E-state index contributed by atoms with van der Waals surface area (Å²) in [5, 5.41) is 6.66. The van der Waals surface area contributed by atoms with Crippen molar-refractivity contribution in [2.75, 3.05) is 18.9 Å². The second-order valence-corrected chi connectivity index (χ2v) is 7.68. The van der Waals surface area contributed by atoms with Gasteiger partial charge in [-0.25, -0.2) is 9.97 Å². The van der Waals surface area contributed by atoms with Gasteiger partial charge in [0.05, 0.1) is 16.8 Å². The Balaban J connectivity index is 1.52. The molecule has 2 N–H and O–H groups in total. The number of aromatic nitrogens is 4. The van der Waals surface area contributed by atoms with Gasteiger partial charge in [0.25, 0.3) is 5.91 Å². The quantitative estimate of drug-likeness (QED) is 0.429. The van der Waals surface area contributed by atoms with Gasteiger partial charge in [0.15, 0.2) is 0 Å². The fourth-order valence-electron chi connectivity index (χ4n) is 3.62. The molecular weight excluding hydrogens is 445 g/mol. The molecule has 1 amide bonds. The highest BCUT2D eigenvalue weighted by Crippen LogP contribution is 2.29. The van der Waals surface area contributed by atoms with E-state index in [1.165, 1.54) is 12.4 Å². The standard InChI is InChI=1S/C24H21F3N6O/c1-14(16-4-3-5-17-18(23(34)28-2)8-9-29-22(16)17)11-31-21-10-19(32-13-33-21)15-6-7-20(30-12-15)24(25,26)27/h3-10,12-14H,11H2,1-2H3,(H,28,34)(H,31,32,33)/t14-/m1/s1. The zero-order valence-corrected chi connectivity index (χ0v) is 18.4. The first kappa shape index (κ1) is 23.1. The number of pyridine rings is 2. The molecule has 0 spiro atoms. The first-order valence-corrected chi connectivity index (χ1v) is 10.5. The molecule has 0 radical (unpaired) electrons. The molecule has 4 aromatic rings. The van der Waals surface area contributed by atoms with Gasteiger partial charge in [-0.2, -0.15) is 13.2 Å². The van der Waals surface area contributed by atoms with Crippen molar-refractivity contribution in [2.45, 2.75) is 19.0 Å². The Morgan fingerprint density at radius 3 is 2.59 bits per heavy atom. The van der Waals surface area contributed by atoms with E-state index in [1.54, 1.807) is 25.4 Å². The van der Waals surface area contributed by atoms with E-state index >= 15 is 0 Å². The number of rotatable bonds is 6. The molecule has 3 aromatic heterocycles. The minimum absolute atomic E-state index is 0.0160. The maximum absolute atomic E-state index is 12.8. The average Bonchev–Trinajstić information content (AvgIpc) is 2.85. The predicted molar refractivity (Wildman–Crippen MR) is 122 cm³/mol. The first-order chi connectivity index (χ1) is 16.3. The number of amides is 1. The van der Waals surface area contributed by atoms with Crippen molar-refractivity contribution in [3.8, 4) is 11.3 Å². The fourth-order valence-corrected chi connectivity index (χ4v) is 3.62. The molecule has 3 heterocycles. The molecule has 174 valence electrons. The number of carbonyl (C=O) groups is 1. The van der Waals surface area contributed by atoms with Crippen LogP contribution in [0.25, 0.3) is 22.2 Å². The van der Waals surface area contributed by atoms with Crippen molar-refractivity contribution in [3.05, 3.63) is 78.0 Å². The maximum atomic E-state index is 12.8. The molecule has 10 heteroatoms. The van der Waals surface area contributed by atoms with Gasteiger partial charge in [-0.05, 0) is 23.8 Å². The molecule has 0 fully saturated rings. The van der Waals surface area contributed by atoms with Crippen LogP contribution in [-0.4, -0.2) is 39.4 Å². The summed E-state index contributed by atoms with van der Waals surface area (Å²) in [5.41, 5.74) is 2.22. The zero-order chi connectivity index (χ0) is 24.3. The molecule has 0 saturated heterocycles. The summed E-state index contributed by atoms with van der Waals surface area (Å²) in [6.07, 6.45) is -0.394. The number of hydrogen-bond acceptors (Lipinski definition) is 6. The topological polar surface area (TPSA) is 92.7 Å². The Morgan fingerprint density at radius 1 is 1.06 bits per heavy atom. The molecule has 7 nitrogen and oxygen atoms in total. The van der Waals surface area contributed by atoms with E-state index in [-0.39, 0.29) is 11.8 Å². The summed E-state index contributed by atoms with van der Waals surface area (Å²) in [6, 6.07) is 11.3. The lowest BCUT2D eigenvalue weighted by Crippen LogP contribution is -2.18. The monoisotopic (exact) mass is 466 g/mol. The van der Waals surface area contributed by atoms with E-state index in [2.05, 4.69) is 30.6 Å². The lowest BCUT2D eigenvalue weighted by Gasteiger charge is -2.16. The number of para-hydroxylation sites is 1. The van der Waals surface area contributed by atoms with Crippen LogP contribution in [0.5, 0.6) is 0 Å². The highest BCUT2D eigenvalue weighted by Gasteiger charge is 2.32. The number of benzene rings is 1. The van der Waals surface area contributed by atoms with Crippen LogP contribution < -0.4 is 10.6 Å². The van der Waals surface area contributed by atoms with E-state index in [0.717, 1.165) is 28.7 Å². The van der Waals surface area contributed by atoms with Crippen molar-refractivity contribution in [2.24, 2.45) is 0 Å². The molecule has 0 aliphatic heterocycles. The third-order valence-corrected chi connectivity index (χ3v) is 5.41. The minimum Gasteiger partial charge on any atom is -0.369 e. The fraction of sp³-hybridized carbons (Fsp3) is 0.208. The predicted octanol–water partition coefficient (Wildman–Crippen LogP) is 4.68. The Kier molecular flexibility index (Phi) is 6.40. The van der Waals surface area contributed by atoms with E-state index in [9.17, 15) is 18.0 Å². The third kappa shape index (κ3) is 4.80. The van der Waals surface area contributed by atoms with E-state index in [0.29, 0.717) is 29.2 Å². The van der Waals surface area contributed by atoms with Crippen LogP contribution in [0, 0.1) is 0 Å². The second-order valence-electron chi connectivity index (χ2n) is 7.68. The van der Waals surface area contributed by atoms with Gasteiger partial charge in [0, 0.05) is 48.9 Å². The molecule has 1 aromatic carbocycles. The van der Waals surface area contributed by atoms with Crippen molar-refractivity contribution in [1.29, 1.82) is 0 Å². The number of halogens is 3. The molecule has 4 rings (SSSR count). The summed E-state index contributed by atoms with van der Waals surface area (Å²) in [6.45, 7) is 2.53. The van der Waals surface area contributed by atoms with Crippen molar-refractivity contribution < 1.29 is 18.0 Å². The minimum atomic E-state index is -4.50. The highest BCUT2D eigenvalue weighted by atomic mass is 19.4. The molecular formula is C24H21F3N6O. The van der Waals surface area contributed by atoms with Crippen LogP contribution in [0.1, 0.15) is 34.5 Å². The summed E-state index contributed by atoms with van der Waals surface area (Å²) in [5.74, 6) is 0.361. The molecule has 0 unspecified atom stereocenters. The van der Waals surface area contributed by atoms with Crippen LogP contribution in [0.15, 0.2) is 61.2 Å². The summed E-state index contributed by atoms with van der Waals surface area (Å²) in [7, 11) is 1.59. The number of carbonyl (C=O) groups excluding carboxylic acids is 1. The molecule has 1 atom stereocenters. The van der Waals surface area contributed by atoms with Crippen molar-refractivity contribution in [3.63, 3.8) is 0 Å². The van der Waals surface area contributed by atoms with Crippen LogP contribution in [0.2, 0.25) is 0 Å². The number of nitrogens with one attached hydrogen (secondary N) is 2. The van der Waals surface area contributed by atoms with E-state index in [1.807, 2.05) is 25.1 Å². The number of nitrogens with zero attached hydrogens (tertiary/aromatic N) is 4. The lowest BCUT2D eigenvalue weighted by atomic mass is 9.96. The number of hydrogen-bond donors (Lipinski definition) is 2. The van der Waals surface area contributed by atoms with Gasteiger partial charge in [-0.1, -0.05) is 25.1 Å². The maximum Gasteiger partial charge on any atom is 0.433 e. The van der Waals surface area contributed by atoms with E-state index < -0.39 is 11.9 Å². The van der Waals surface area contributed by atoms with Gasteiger partial charge >= 0.3 is 6.18 Å². The highest BCUT2D eigenvalue weighted by molar-refractivity contribution is 6.06. The normalized spacial score (nSPS) is 12.4. The molecule has 0 aliphatic rings. The van der Waals surface area contributed by atoms with Gasteiger partial charge in [-0.15, -0.1) is 0 Å². The Morgan fingerprint density at radius 2 is 1.88 bits per heavy atom. The van der Waals surface area contributed by atoms with Gasteiger partial charge in [-0.3, -0.25) is 14.8 Å². The first-order valence-electron chi connectivity index (χ1n) is 10.5. The van der Waals surface area contributed by atoms with Gasteiger partial charge in [0.2, 0.25) is 0 Å². The number of fused-ring (bicyclic) bond motifs is 1. The summed E-state index contributed by atoms with van der Waals surface area (Å²) >= 11 is 0. The third-order valence-electron chi connectivity index (χ3n) is 5.41. The number of anilines is 1. The van der Waals surface area contributed by atoms with Crippen LogP contribution in [0.3, 0.4) is 0 Å². The largest absolute Gasteiger partial charge is 0.433 e. The van der Waals surface area contributed by atoms with Gasteiger partial charge in [0.1, 0.15) is 17.8 Å². The molecule has 0 aliphatic carbocycles. The lowest BCUT2D eigenvalue weighted by molar-refractivity contribution is -0.141. The van der Waals surface area contributed by atoms with E-state index in [4.69, 9.17) is 0 Å². The van der Waals surface area contributed by atoms with Crippen molar-refractivity contribution >= 4 is 22.6 Å². The zero-order valence-electron chi connectivity index (χ0n) is 18.4. The van der Waals surface area contributed by atoms with Crippen LogP contribution in [-0.2, 0) is 6.18 Å². The van der Waals surface area contributed by atoms with Gasteiger partial charge < -0.3 is 10.6 Å². The Labute approximate surface area is 193 Å². The average molecular weight is 466 g/mol. The smallest absolute Gasteiger partial charge is 0.369 e. The Bertz CT molecular complexity index is 1320. The summed E-state index contributed by atoms with van der Waals surface area (Å²) in [4.78, 5) is 28.5. The SMILES string of the molecule is CNC(=O)c1ccnc2c([C@H](C)CNc3cc(-c4ccc(C(F)(F)F)nc4)ncn3)cccc12.